The van der Waals surface area contributed by atoms with E-state index >= 15 is 0 Å². The first-order chi connectivity index (χ1) is 14.5. The summed E-state index contributed by atoms with van der Waals surface area (Å²) in [6.07, 6.45) is -0.543. The minimum atomic E-state index is -0.796. The maximum atomic E-state index is 12.1. The van der Waals surface area contributed by atoms with E-state index in [0.717, 1.165) is 11.3 Å². The summed E-state index contributed by atoms with van der Waals surface area (Å²) in [4.78, 5) is 35.4. The number of hydrogen-bond donors (Lipinski definition) is 2. The maximum Gasteiger partial charge on any atom is 0.513 e. The highest BCUT2D eigenvalue weighted by Crippen LogP contribution is 2.13. The van der Waals surface area contributed by atoms with Crippen molar-refractivity contribution < 1.29 is 28.6 Å². The van der Waals surface area contributed by atoms with Gasteiger partial charge in [0.25, 0.3) is 5.91 Å². The molecule has 30 heavy (non-hydrogen) atoms. The fourth-order valence-electron chi connectivity index (χ4n) is 2.52. The summed E-state index contributed by atoms with van der Waals surface area (Å²) in [7, 11) is 0. The van der Waals surface area contributed by atoms with Gasteiger partial charge in [0, 0.05) is 18.7 Å². The van der Waals surface area contributed by atoms with Crippen LogP contribution < -0.4 is 20.1 Å². The highest BCUT2D eigenvalue weighted by molar-refractivity contribution is 5.94. The van der Waals surface area contributed by atoms with E-state index in [-0.39, 0.29) is 37.1 Å². The van der Waals surface area contributed by atoms with Crippen molar-refractivity contribution in [1.29, 1.82) is 0 Å². The molecule has 0 heterocycles. The fraction of sp³-hybridized carbons (Fsp3) is 0.318. The monoisotopic (exact) mass is 414 g/mol. The lowest BCUT2D eigenvalue weighted by Gasteiger charge is -2.09. The Morgan fingerprint density at radius 3 is 2.07 bits per heavy atom. The molecular formula is C22H26N2O6. The zero-order valence-corrected chi connectivity index (χ0v) is 17.1. The van der Waals surface area contributed by atoms with Gasteiger partial charge in [-0.05, 0) is 55.8 Å². The number of carbonyl (C=O) groups excluding carboxylic acids is 3. The van der Waals surface area contributed by atoms with Crippen molar-refractivity contribution in [2.24, 2.45) is 0 Å². The van der Waals surface area contributed by atoms with Crippen LogP contribution in [0.1, 0.15) is 29.8 Å². The Bertz CT molecular complexity index is 834. The van der Waals surface area contributed by atoms with E-state index in [0.29, 0.717) is 18.7 Å². The summed E-state index contributed by atoms with van der Waals surface area (Å²) in [6, 6.07) is 13.4. The van der Waals surface area contributed by atoms with Crippen LogP contribution in [0.3, 0.4) is 0 Å². The molecule has 0 saturated carbocycles. The normalized spacial score (nSPS) is 10.1. The maximum absolute atomic E-state index is 12.1. The molecule has 8 nitrogen and oxygen atoms in total. The molecule has 8 heteroatoms. The number of benzene rings is 2. The number of nitrogens with one attached hydrogen (secondary N) is 2. The van der Waals surface area contributed by atoms with Gasteiger partial charge in [0.05, 0.1) is 19.6 Å². The first kappa shape index (κ1) is 22.7. The van der Waals surface area contributed by atoms with Gasteiger partial charge in [-0.2, -0.15) is 0 Å². The van der Waals surface area contributed by atoms with E-state index in [4.69, 9.17) is 9.47 Å². The molecule has 0 spiro atoms. The molecule has 0 saturated heterocycles. The summed E-state index contributed by atoms with van der Waals surface area (Å²) in [5.74, 6) is 0.628. The zero-order valence-electron chi connectivity index (χ0n) is 17.1. The standard InChI is InChI=1S/C22H26N2O6/c1-3-28-18-9-5-16(6-10-18)15-20(25)23-13-14-24-21(26)17-7-11-19(12-8-17)30-22(27)29-4-2/h5-12H,3-4,13-15H2,1-2H3,(H,23,25)(H,24,26). The third-order valence-electron chi connectivity index (χ3n) is 3.91. The highest BCUT2D eigenvalue weighted by Gasteiger charge is 2.09. The molecule has 0 aliphatic heterocycles. The summed E-state index contributed by atoms with van der Waals surface area (Å²) in [5.41, 5.74) is 1.29. The minimum absolute atomic E-state index is 0.131. The third-order valence-corrected chi connectivity index (χ3v) is 3.91. The van der Waals surface area contributed by atoms with Gasteiger partial charge in [-0.3, -0.25) is 9.59 Å². The Labute approximate surface area is 175 Å². The van der Waals surface area contributed by atoms with Crippen molar-refractivity contribution in [1.82, 2.24) is 10.6 Å². The van der Waals surface area contributed by atoms with Gasteiger partial charge in [0.2, 0.25) is 5.91 Å². The van der Waals surface area contributed by atoms with Gasteiger partial charge < -0.3 is 24.8 Å². The molecule has 0 aromatic heterocycles. The van der Waals surface area contributed by atoms with Crippen LogP contribution in [0.5, 0.6) is 11.5 Å². The average molecular weight is 414 g/mol. The molecule has 0 radical (unpaired) electrons. The molecule has 0 unspecified atom stereocenters. The van der Waals surface area contributed by atoms with Crippen molar-refractivity contribution in [3.63, 3.8) is 0 Å². The molecule has 0 fully saturated rings. The molecule has 0 atom stereocenters. The van der Waals surface area contributed by atoms with E-state index in [2.05, 4.69) is 15.4 Å². The predicted octanol–water partition coefficient (Wildman–Crippen LogP) is 2.71. The number of amides is 2. The SMILES string of the molecule is CCOC(=O)Oc1ccc(C(=O)NCCNC(=O)Cc2ccc(OCC)cc2)cc1. The lowest BCUT2D eigenvalue weighted by Crippen LogP contribution is -2.35. The molecule has 2 rings (SSSR count). The van der Waals surface area contributed by atoms with E-state index < -0.39 is 6.16 Å². The van der Waals surface area contributed by atoms with Gasteiger partial charge in [0.1, 0.15) is 11.5 Å². The molecular weight excluding hydrogens is 388 g/mol. The molecule has 2 aromatic rings. The van der Waals surface area contributed by atoms with Crippen molar-refractivity contribution in [3.8, 4) is 11.5 Å². The van der Waals surface area contributed by atoms with Gasteiger partial charge >= 0.3 is 6.16 Å². The number of hydrogen-bond acceptors (Lipinski definition) is 6. The molecule has 2 N–H and O–H groups in total. The van der Waals surface area contributed by atoms with Crippen molar-refractivity contribution in [3.05, 3.63) is 59.7 Å². The third kappa shape index (κ3) is 7.83. The summed E-state index contributed by atoms with van der Waals surface area (Å²) in [5, 5.41) is 5.48. The van der Waals surface area contributed by atoms with Crippen LogP contribution in [-0.2, 0) is 16.0 Å². The number of rotatable bonds is 10. The van der Waals surface area contributed by atoms with Gasteiger partial charge in [-0.25, -0.2) is 4.79 Å². The number of ether oxygens (including phenoxy) is 3. The van der Waals surface area contributed by atoms with Crippen LogP contribution in [0.15, 0.2) is 48.5 Å². The largest absolute Gasteiger partial charge is 0.513 e. The summed E-state index contributed by atoms with van der Waals surface area (Å²) >= 11 is 0. The quantitative estimate of drug-likeness (QED) is 0.352. The van der Waals surface area contributed by atoms with Crippen LogP contribution in [0.25, 0.3) is 0 Å². The molecule has 160 valence electrons. The van der Waals surface area contributed by atoms with Gasteiger partial charge in [0.15, 0.2) is 0 Å². The second kappa shape index (κ2) is 12.1. The Balaban J connectivity index is 1.68. The Kier molecular flexibility index (Phi) is 9.18. The minimum Gasteiger partial charge on any atom is -0.494 e. The molecule has 0 aliphatic carbocycles. The molecule has 0 bridgehead atoms. The second-order valence-electron chi connectivity index (χ2n) is 6.17. The summed E-state index contributed by atoms with van der Waals surface area (Å²) < 4.78 is 15.0. The smallest absolute Gasteiger partial charge is 0.494 e. The average Bonchev–Trinajstić information content (AvgIpc) is 2.73. The molecule has 0 aliphatic rings. The fourth-order valence-corrected chi connectivity index (χ4v) is 2.52. The predicted molar refractivity (Wildman–Crippen MR) is 111 cm³/mol. The summed E-state index contributed by atoms with van der Waals surface area (Å²) in [6.45, 7) is 5.00. The van der Waals surface area contributed by atoms with Crippen molar-refractivity contribution >= 4 is 18.0 Å². The van der Waals surface area contributed by atoms with Crippen LogP contribution >= 0.6 is 0 Å². The van der Waals surface area contributed by atoms with Crippen molar-refractivity contribution in [2.45, 2.75) is 20.3 Å². The van der Waals surface area contributed by atoms with Crippen LogP contribution in [0.4, 0.5) is 4.79 Å². The zero-order chi connectivity index (χ0) is 21.8. The van der Waals surface area contributed by atoms with Gasteiger partial charge in [-0.15, -0.1) is 0 Å². The number of carbonyl (C=O) groups is 3. The van der Waals surface area contributed by atoms with Crippen LogP contribution in [0, 0.1) is 0 Å². The van der Waals surface area contributed by atoms with E-state index in [1.807, 2.05) is 31.2 Å². The van der Waals surface area contributed by atoms with E-state index in [1.165, 1.54) is 24.3 Å². The lowest BCUT2D eigenvalue weighted by molar-refractivity contribution is -0.120. The molecule has 2 aromatic carbocycles. The van der Waals surface area contributed by atoms with Crippen LogP contribution in [0.2, 0.25) is 0 Å². The second-order valence-corrected chi connectivity index (χ2v) is 6.17. The Morgan fingerprint density at radius 2 is 1.43 bits per heavy atom. The first-order valence-electron chi connectivity index (χ1n) is 9.73. The van der Waals surface area contributed by atoms with Crippen LogP contribution in [-0.4, -0.2) is 44.3 Å². The van der Waals surface area contributed by atoms with Crippen molar-refractivity contribution in [2.75, 3.05) is 26.3 Å². The Hall–Kier alpha value is -3.55. The van der Waals surface area contributed by atoms with E-state index in [1.54, 1.807) is 6.92 Å². The van der Waals surface area contributed by atoms with E-state index in [9.17, 15) is 14.4 Å². The molecule has 2 amide bonds. The highest BCUT2D eigenvalue weighted by atomic mass is 16.7. The topological polar surface area (TPSA) is 103 Å². The first-order valence-corrected chi connectivity index (χ1v) is 9.73. The lowest BCUT2D eigenvalue weighted by atomic mass is 10.1. The Morgan fingerprint density at radius 1 is 0.800 bits per heavy atom. The van der Waals surface area contributed by atoms with Gasteiger partial charge in [-0.1, -0.05) is 12.1 Å².